The van der Waals surface area contributed by atoms with Crippen molar-refractivity contribution in [1.29, 1.82) is 0 Å². The highest BCUT2D eigenvalue weighted by Gasteiger charge is 2.21. The summed E-state index contributed by atoms with van der Waals surface area (Å²) in [7, 11) is 1.53. The number of methoxy groups -OCH3 is 1. The summed E-state index contributed by atoms with van der Waals surface area (Å²) in [6, 6.07) is 6.72. The number of carbonyl (C=O) groups excluding carboxylic acids is 1. The van der Waals surface area contributed by atoms with Gasteiger partial charge in [-0.25, -0.2) is 9.78 Å². The standard InChI is InChI=1S/C18H16N2O4S/c1-23-11-5-2-4-10(8-11)18(22)24-9-14-19-16(21)15-12-6-3-7-13(12)25-17(15)20-14/h2,4-5,8H,3,6-7,9H2,1H3,(H,19,20,21). The van der Waals surface area contributed by atoms with Gasteiger partial charge < -0.3 is 14.5 Å². The van der Waals surface area contributed by atoms with E-state index >= 15 is 0 Å². The zero-order valence-electron chi connectivity index (χ0n) is 13.6. The van der Waals surface area contributed by atoms with Crippen molar-refractivity contribution in [2.45, 2.75) is 25.9 Å². The normalized spacial score (nSPS) is 13.0. The number of ether oxygens (including phenoxy) is 2. The average molecular weight is 356 g/mol. The van der Waals surface area contributed by atoms with Gasteiger partial charge >= 0.3 is 5.97 Å². The summed E-state index contributed by atoms with van der Waals surface area (Å²) < 4.78 is 10.4. The molecule has 0 radical (unpaired) electrons. The molecular weight excluding hydrogens is 340 g/mol. The molecule has 0 unspecified atom stereocenters. The number of aromatic nitrogens is 2. The van der Waals surface area contributed by atoms with Crippen LogP contribution >= 0.6 is 11.3 Å². The Morgan fingerprint density at radius 1 is 1.36 bits per heavy atom. The lowest BCUT2D eigenvalue weighted by molar-refractivity contribution is 0.0462. The first-order valence-corrected chi connectivity index (χ1v) is 8.82. The monoisotopic (exact) mass is 356 g/mol. The molecule has 4 rings (SSSR count). The van der Waals surface area contributed by atoms with Gasteiger partial charge in [0.05, 0.1) is 18.1 Å². The van der Waals surface area contributed by atoms with Gasteiger partial charge in [0.2, 0.25) is 0 Å². The van der Waals surface area contributed by atoms with E-state index in [2.05, 4.69) is 9.97 Å². The van der Waals surface area contributed by atoms with Crippen LogP contribution in [0.3, 0.4) is 0 Å². The molecule has 7 heteroatoms. The molecule has 0 fully saturated rings. The average Bonchev–Trinajstić information content (AvgIpc) is 3.20. The molecular formula is C18H16N2O4S. The molecule has 25 heavy (non-hydrogen) atoms. The van der Waals surface area contributed by atoms with Gasteiger partial charge in [0.1, 0.15) is 23.0 Å². The Hall–Kier alpha value is -2.67. The SMILES string of the molecule is COc1cccc(C(=O)OCc2nc3sc4c(c3c(=O)[nH]2)CCC4)c1. The maximum Gasteiger partial charge on any atom is 0.338 e. The molecule has 0 saturated heterocycles. The van der Waals surface area contributed by atoms with Crippen LogP contribution in [0.4, 0.5) is 0 Å². The Morgan fingerprint density at radius 3 is 3.08 bits per heavy atom. The summed E-state index contributed by atoms with van der Waals surface area (Å²) in [6.07, 6.45) is 3.04. The lowest BCUT2D eigenvalue weighted by Gasteiger charge is -2.06. The number of benzene rings is 1. The molecule has 0 bridgehead atoms. The van der Waals surface area contributed by atoms with Gasteiger partial charge in [0.15, 0.2) is 0 Å². The van der Waals surface area contributed by atoms with Crippen LogP contribution in [0.25, 0.3) is 10.2 Å². The number of aryl methyl sites for hydroxylation is 2. The number of H-pyrrole nitrogens is 1. The Morgan fingerprint density at radius 2 is 2.24 bits per heavy atom. The van der Waals surface area contributed by atoms with E-state index in [9.17, 15) is 9.59 Å². The molecule has 0 aliphatic heterocycles. The van der Waals surface area contributed by atoms with Crippen LogP contribution in [0.15, 0.2) is 29.1 Å². The molecule has 0 amide bonds. The van der Waals surface area contributed by atoms with Crippen molar-refractivity contribution in [3.8, 4) is 5.75 Å². The molecule has 2 heterocycles. The fourth-order valence-electron chi connectivity index (χ4n) is 3.08. The minimum absolute atomic E-state index is 0.0796. The van der Waals surface area contributed by atoms with Crippen LogP contribution < -0.4 is 10.3 Å². The van der Waals surface area contributed by atoms with E-state index in [0.29, 0.717) is 22.5 Å². The summed E-state index contributed by atoms with van der Waals surface area (Å²) in [5, 5.41) is 0.695. The number of rotatable bonds is 4. The van der Waals surface area contributed by atoms with Gasteiger partial charge in [0, 0.05) is 4.88 Å². The zero-order valence-corrected chi connectivity index (χ0v) is 14.4. The zero-order chi connectivity index (χ0) is 17.4. The molecule has 1 aliphatic carbocycles. The molecule has 1 aliphatic rings. The van der Waals surface area contributed by atoms with Crippen LogP contribution in [0.2, 0.25) is 0 Å². The van der Waals surface area contributed by atoms with E-state index in [1.165, 1.54) is 12.0 Å². The highest BCUT2D eigenvalue weighted by molar-refractivity contribution is 7.18. The van der Waals surface area contributed by atoms with Crippen LogP contribution in [0, 0.1) is 0 Å². The van der Waals surface area contributed by atoms with E-state index in [4.69, 9.17) is 9.47 Å². The van der Waals surface area contributed by atoms with Gasteiger partial charge in [-0.1, -0.05) is 6.07 Å². The molecule has 1 N–H and O–H groups in total. The first-order chi connectivity index (χ1) is 12.2. The highest BCUT2D eigenvalue weighted by atomic mass is 32.1. The smallest absolute Gasteiger partial charge is 0.338 e. The Kier molecular flexibility index (Phi) is 4.01. The topological polar surface area (TPSA) is 81.3 Å². The van der Waals surface area contributed by atoms with Crippen molar-refractivity contribution in [2.75, 3.05) is 7.11 Å². The summed E-state index contributed by atoms with van der Waals surface area (Å²) in [5.41, 5.74) is 1.36. The fourth-order valence-corrected chi connectivity index (χ4v) is 4.36. The number of aromatic amines is 1. The summed E-state index contributed by atoms with van der Waals surface area (Å²) >= 11 is 1.56. The second kappa shape index (κ2) is 6.33. The van der Waals surface area contributed by atoms with Crippen molar-refractivity contribution in [1.82, 2.24) is 9.97 Å². The molecule has 0 saturated carbocycles. The number of nitrogens with zero attached hydrogens (tertiary/aromatic N) is 1. The number of carbonyl (C=O) groups is 1. The number of esters is 1. The Bertz CT molecular complexity index is 1020. The number of nitrogens with one attached hydrogen (secondary N) is 1. The highest BCUT2D eigenvalue weighted by Crippen LogP contribution is 2.34. The minimum atomic E-state index is -0.490. The molecule has 0 spiro atoms. The molecule has 0 atom stereocenters. The molecule has 6 nitrogen and oxygen atoms in total. The van der Waals surface area contributed by atoms with Crippen molar-refractivity contribution >= 4 is 27.5 Å². The van der Waals surface area contributed by atoms with E-state index in [-0.39, 0.29) is 12.2 Å². The maximum atomic E-state index is 12.4. The van der Waals surface area contributed by atoms with Crippen LogP contribution in [0.1, 0.15) is 33.0 Å². The predicted octanol–water partition coefficient (Wildman–Crippen LogP) is 2.84. The van der Waals surface area contributed by atoms with Gasteiger partial charge in [-0.3, -0.25) is 4.79 Å². The lowest BCUT2D eigenvalue weighted by atomic mass is 10.2. The largest absolute Gasteiger partial charge is 0.497 e. The third-order valence-corrected chi connectivity index (χ3v) is 5.46. The summed E-state index contributed by atoms with van der Waals surface area (Å²) in [6.45, 7) is -0.0796. The predicted molar refractivity (Wildman–Crippen MR) is 94.4 cm³/mol. The van der Waals surface area contributed by atoms with E-state index in [0.717, 1.165) is 29.7 Å². The quantitative estimate of drug-likeness (QED) is 0.727. The fraction of sp³-hybridized carbons (Fsp3) is 0.278. The maximum absolute atomic E-state index is 12.4. The minimum Gasteiger partial charge on any atom is -0.497 e. The van der Waals surface area contributed by atoms with Gasteiger partial charge in [-0.05, 0) is 43.0 Å². The van der Waals surface area contributed by atoms with E-state index < -0.39 is 5.97 Å². The first-order valence-electron chi connectivity index (χ1n) is 8.00. The van der Waals surface area contributed by atoms with Gasteiger partial charge in [-0.15, -0.1) is 11.3 Å². The van der Waals surface area contributed by atoms with Crippen molar-refractivity contribution in [2.24, 2.45) is 0 Å². The molecule has 3 aromatic rings. The van der Waals surface area contributed by atoms with Crippen molar-refractivity contribution in [3.05, 3.63) is 56.4 Å². The van der Waals surface area contributed by atoms with Crippen LogP contribution in [-0.2, 0) is 24.2 Å². The summed E-state index contributed by atoms with van der Waals surface area (Å²) in [5.74, 6) is 0.444. The second-order valence-corrected chi connectivity index (χ2v) is 6.94. The number of fused-ring (bicyclic) bond motifs is 3. The summed E-state index contributed by atoms with van der Waals surface area (Å²) in [4.78, 5) is 33.7. The van der Waals surface area contributed by atoms with Crippen LogP contribution in [0.5, 0.6) is 5.75 Å². The van der Waals surface area contributed by atoms with Crippen molar-refractivity contribution < 1.29 is 14.3 Å². The first kappa shape index (κ1) is 15.8. The number of hydrogen-bond donors (Lipinski definition) is 1. The Balaban J connectivity index is 1.55. The van der Waals surface area contributed by atoms with Crippen molar-refractivity contribution in [3.63, 3.8) is 0 Å². The second-order valence-electron chi connectivity index (χ2n) is 5.86. The number of hydrogen-bond acceptors (Lipinski definition) is 6. The third kappa shape index (κ3) is 2.91. The number of thiophene rings is 1. The van der Waals surface area contributed by atoms with E-state index in [1.54, 1.807) is 35.6 Å². The van der Waals surface area contributed by atoms with Gasteiger partial charge in [-0.2, -0.15) is 0 Å². The Labute approximate surface area is 147 Å². The molecule has 128 valence electrons. The molecule has 2 aromatic heterocycles. The lowest BCUT2D eigenvalue weighted by Crippen LogP contribution is -2.14. The van der Waals surface area contributed by atoms with E-state index in [1.807, 2.05) is 0 Å². The van der Waals surface area contributed by atoms with Crippen LogP contribution in [-0.4, -0.2) is 23.0 Å². The third-order valence-electron chi connectivity index (χ3n) is 4.27. The van der Waals surface area contributed by atoms with Gasteiger partial charge in [0.25, 0.3) is 5.56 Å². The molecule has 1 aromatic carbocycles.